The standard InChI is InChI=1S/C22H22N2O8/c1-27-16-8-12(5-6-15(16)31-11-19(23)25)7-14-22(26)32-21(24-14)13-9-17(28-2)20(30-4)18(10-13)29-3/h5-10H,11H2,1-4H3,(H2,23,25)/b14-7-. The van der Waals surface area contributed by atoms with Crippen LogP contribution in [0.1, 0.15) is 11.1 Å². The first kappa shape index (κ1) is 22.5. The van der Waals surface area contributed by atoms with Crippen LogP contribution in [-0.2, 0) is 14.3 Å². The van der Waals surface area contributed by atoms with Gasteiger partial charge >= 0.3 is 5.97 Å². The van der Waals surface area contributed by atoms with E-state index >= 15 is 0 Å². The monoisotopic (exact) mass is 442 g/mol. The zero-order valence-corrected chi connectivity index (χ0v) is 18.0. The van der Waals surface area contributed by atoms with Crippen LogP contribution in [-0.4, -0.2) is 52.8 Å². The minimum absolute atomic E-state index is 0.0848. The molecule has 2 N–H and O–H groups in total. The Morgan fingerprint density at radius 2 is 1.62 bits per heavy atom. The second-order valence-corrected chi connectivity index (χ2v) is 6.42. The van der Waals surface area contributed by atoms with Crippen molar-refractivity contribution < 1.29 is 38.0 Å². The van der Waals surface area contributed by atoms with E-state index in [0.29, 0.717) is 39.9 Å². The molecule has 0 saturated heterocycles. The summed E-state index contributed by atoms with van der Waals surface area (Å²) in [5, 5.41) is 0. The Hall–Kier alpha value is -4.21. The van der Waals surface area contributed by atoms with Crippen LogP contribution in [0.2, 0.25) is 0 Å². The summed E-state index contributed by atoms with van der Waals surface area (Å²) in [4.78, 5) is 27.6. The third kappa shape index (κ3) is 4.75. The zero-order valence-electron chi connectivity index (χ0n) is 18.0. The molecule has 2 aromatic carbocycles. The van der Waals surface area contributed by atoms with Crippen molar-refractivity contribution in [3.8, 4) is 28.7 Å². The summed E-state index contributed by atoms with van der Waals surface area (Å²) in [5.74, 6) is 0.759. The van der Waals surface area contributed by atoms with Crippen LogP contribution in [0.5, 0.6) is 28.7 Å². The fraction of sp³-hybridized carbons (Fsp3) is 0.227. The summed E-state index contributed by atoms with van der Waals surface area (Å²) in [6.45, 7) is -0.286. The van der Waals surface area contributed by atoms with Crippen LogP contribution in [0.25, 0.3) is 6.08 Å². The lowest BCUT2D eigenvalue weighted by Crippen LogP contribution is -2.20. The summed E-state index contributed by atoms with van der Waals surface area (Å²) in [7, 11) is 5.92. The lowest BCUT2D eigenvalue weighted by molar-refractivity contribution is -0.130. The molecule has 0 atom stereocenters. The Kier molecular flexibility index (Phi) is 6.83. The van der Waals surface area contributed by atoms with Crippen molar-refractivity contribution in [2.24, 2.45) is 10.7 Å². The van der Waals surface area contributed by atoms with Crippen molar-refractivity contribution in [3.63, 3.8) is 0 Å². The van der Waals surface area contributed by atoms with Crippen LogP contribution < -0.4 is 29.4 Å². The molecular formula is C22H22N2O8. The van der Waals surface area contributed by atoms with E-state index in [1.807, 2.05) is 0 Å². The first-order valence-corrected chi connectivity index (χ1v) is 9.32. The van der Waals surface area contributed by atoms with Gasteiger partial charge in [-0.3, -0.25) is 4.79 Å². The van der Waals surface area contributed by atoms with Gasteiger partial charge in [-0.1, -0.05) is 6.07 Å². The molecule has 0 saturated carbocycles. The van der Waals surface area contributed by atoms with Gasteiger partial charge in [0, 0.05) is 5.56 Å². The summed E-state index contributed by atoms with van der Waals surface area (Å²) >= 11 is 0. The number of esters is 1. The van der Waals surface area contributed by atoms with E-state index in [1.54, 1.807) is 30.3 Å². The number of hydrogen-bond donors (Lipinski definition) is 1. The molecule has 0 radical (unpaired) electrons. The molecule has 3 rings (SSSR count). The quantitative estimate of drug-likeness (QED) is 0.461. The van der Waals surface area contributed by atoms with E-state index in [0.717, 1.165) is 0 Å². The van der Waals surface area contributed by atoms with Crippen LogP contribution in [0.15, 0.2) is 41.0 Å². The predicted molar refractivity (Wildman–Crippen MR) is 114 cm³/mol. The third-order valence-corrected chi connectivity index (χ3v) is 4.39. The van der Waals surface area contributed by atoms with Crippen LogP contribution in [0.4, 0.5) is 0 Å². The number of aliphatic imine (C=N–C) groups is 1. The number of rotatable bonds is 9. The molecule has 10 heteroatoms. The second kappa shape index (κ2) is 9.73. The van der Waals surface area contributed by atoms with Crippen molar-refractivity contribution in [2.45, 2.75) is 0 Å². The van der Waals surface area contributed by atoms with Crippen molar-refractivity contribution in [1.29, 1.82) is 0 Å². The van der Waals surface area contributed by atoms with Gasteiger partial charge in [0.1, 0.15) is 0 Å². The molecule has 2 aromatic rings. The first-order chi connectivity index (χ1) is 15.4. The molecule has 32 heavy (non-hydrogen) atoms. The molecule has 1 heterocycles. The van der Waals surface area contributed by atoms with Gasteiger partial charge in [0.25, 0.3) is 5.91 Å². The minimum Gasteiger partial charge on any atom is -0.493 e. The molecule has 0 fully saturated rings. The molecule has 0 spiro atoms. The zero-order chi connectivity index (χ0) is 23.3. The highest BCUT2D eigenvalue weighted by atomic mass is 16.6. The Labute approximate surface area is 184 Å². The highest BCUT2D eigenvalue weighted by molar-refractivity contribution is 6.13. The number of nitrogens with two attached hydrogens (primary N) is 1. The van der Waals surface area contributed by atoms with Gasteiger partial charge in [-0.05, 0) is 35.9 Å². The molecule has 168 valence electrons. The van der Waals surface area contributed by atoms with E-state index in [-0.39, 0.29) is 18.2 Å². The lowest BCUT2D eigenvalue weighted by atomic mass is 10.1. The number of nitrogens with zero attached hydrogens (tertiary/aromatic N) is 1. The highest BCUT2D eigenvalue weighted by Gasteiger charge is 2.26. The second-order valence-electron chi connectivity index (χ2n) is 6.42. The Morgan fingerprint density at radius 1 is 0.969 bits per heavy atom. The van der Waals surface area contributed by atoms with Gasteiger partial charge in [0.15, 0.2) is 35.3 Å². The number of amides is 1. The Morgan fingerprint density at radius 3 is 2.19 bits per heavy atom. The number of carbonyl (C=O) groups excluding carboxylic acids is 2. The fourth-order valence-electron chi connectivity index (χ4n) is 2.94. The predicted octanol–water partition coefficient (Wildman–Crippen LogP) is 1.93. The van der Waals surface area contributed by atoms with Crippen LogP contribution in [0, 0.1) is 0 Å². The van der Waals surface area contributed by atoms with Gasteiger partial charge in [-0.2, -0.15) is 0 Å². The molecule has 1 aliphatic heterocycles. The Balaban J connectivity index is 1.93. The summed E-state index contributed by atoms with van der Waals surface area (Å²) in [5.41, 5.74) is 6.26. The van der Waals surface area contributed by atoms with Gasteiger partial charge in [0.05, 0.1) is 28.4 Å². The molecule has 10 nitrogen and oxygen atoms in total. The maximum absolute atomic E-state index is 12.4. The van der Waals surface area contributed by atoms with E-state index < -0.39 is 11.9 Å². The number of methoxy groups -OCH3 is 4. The summed E-state index contributed by atoms with van der Waals surface area (Å²) in [6.07, 6.45) is 1.54. The van der Waals surface area contributed by atoms with Crippen molar-refractivity contribution in [3.05, 3.63) is 47.2 Å². The SMILES string of the molecule is COc1cc(/C=C2\N=C(c3cc(OC)c(OC)c(OC)c3)OC2=O)ccc1OCC(N)=O. The molecule has 1 aliphatic rings. The number of benzene rings is 2. The van der Waals surface area contributed by atoms with E-state index in [1.165, 1.54) is 34.5 Å². The number of carbonyl (C=O) groups is 2. The molecule has 0 bridgehead atoms. The molecule has 0 unspecified atom stereocenters. The first-order valence-electron chi connectivity index (χ1n) is 9.32. The van der Waals surface area contributed by atoms with Gasteiger partial charge in [-0.25, -0.2) is 9.79 Å². The van der Waals surface area contributed by atoms with Crippen LogP contribution >= 0.6 is 0 Å². The third-order valence-electron chi connectivity index (χ3n) is 4.39. The van der Waals surface area contributed by atoms with E-state index in [4.69, 9.17) is 34.2 Å². The van der Waals surface area contributed by atoms with Crippen molar-refractivity contribution >= 4 is 23.9 Å². The van der Waals surface area contributed by atoms with Gasteiger partial charge in [0.2, 0.25) is 11.6 Å². The smallest absolute Gasteiger partial charge is 0.363 e. The van der Waals surface area contributed by atoms with Gasteiger partial charge < -0.3 is 34.2 Å². The highest BCUT2D eigenvalue weighted by Crippen LogP contribution is 2.39. The normalized spacial score (nSPS) is 13.9. The Bertz CT molecular complexity index is 1080. The van der Waals surface area contributed by atoms with E-state index in [2.05, 4.69) is 4.99 Å². The largest absolute Gasteiger partial charge is 0.493 e. The topological polar surface area (TPSA) is 128 Å². The maximum atomic E-state index is 12.4. The molecule has 0 aliphatic carbocycles. The average molecular weight is 442 g/mol. The summed E-state index contributed by atoms with van der Waals surface area (Å²) in [6, 6.07) is 8.16. The summed E-state index contributed by atoms with van der Waals surface area (Å²) < 4.78 is 31.9. The van der Waals surface area contributed by atoms with Crippen molar-refractivity contribution in [2.75, 3.05) is 35.0 Å². The van der Waals surface area contributed by atoms with Crippen molar-refractivity contribution in [1.82, 2.24) is 0 Å². The molecule has 0 aromatic heterocycles. The number of primary amides is 1. The average Bonchev–Trinajstić information content (AvgIpc) is 3.16. The maximum Gasteiger partial charge on any atom is 0.363 e. The molecule has 1 amide bonds. The minimum atomic E-state index is -0.623. The number of cyclic esters (lactones) is 1. The van der Waals surface area contributed by atoms with Crippen LogP contribution in [0.3, 0.4) is 0 Å². The molecular weight excluding hydrogens is 420 g/mol. The fourth-order valence-corrected chi connectivity index (χ4v) is 2.94. The van der Waals surface area contributed by atoms with E-state index in [9.17, 15) is 9.59 Å². The van der Waals surface area contributed by atoms with Gasteiger partial charge in [-0.15, -0.1) is 0 Å². The number of ether oxygens (including phenoxy) is 6. The number of hydrogen-bond acceptors (Lipinski definition) is 9. The lowest BCUT2D eigenvalue weighted by Gasteiger charge is -2.13.